The van der Waals surface area contributed by atoms with Gasteiger partial charge in [0.25, 0.3) is 5.91 Å². The second-order valence-electron chi connectivity index (χ2n) is 7.59. The van der Waals surface area contributed by atoms with Gasteiger partial charge in [-0.25, -0.2) is 19.9 Å². The summed E-state index contributed by atoms with van der Waals surface area (Å²) in [5, 5.41) is 9.24. The molecule has 0 radical (unpaired) electrons. The fraction of sp³-hybridized carbons (Fsp3) is 0.250. The van der Waals surface area contributed by atoms with Crippen molar-refractivity contribution in [1.29, 1.82) is 0 Å². The number of aromatic amines is 1. The molecule has 174 valence electrons. The number of pyridine rings is 1. The molecule has 0 unspecified atom stereocenters. The summed E-state index contributed by atoms with van der Waals surface area (Å²) in [6.45, 7) is 1.66. The van der Waals surface area contributed by atoms with Crippen LogP contribution in [0.3, 0.4) is 0 Å². The normalized spacial score (nSPS) is 14.5. The number of rotatable bonds is 4. The Labute approximate surface area is 188 Å². The minimum absolute atomic E-state index is 0.0922. The Morgan fingerprint density at radius 1 is 1.21 bits per heavy atom. The quantitative estimate of drug-likeness (QED) is 0.410. The van der Waals surface area contributed by atoms with E-state index >= 15 is 0 Å². The number of anilines is 1. The van der Waals surface area contributed by atoms with Gasteiger partial charge in [-0.15, -0.1) is 0 Å². The fourth-order valence-corrected chi connectivity index (χ4v) is 3.50. The van der Waals surface area contributed by atoms with Gasteiger partial charge in [-0.2, -0.15) is 13.2 Å². The summed E-state index contributed by atoms with van der Waals surface area (Å²) in [5.74, 6) is 0.0708. The minimum Gasteiger partial charge on any atom is -0.358 e. The molecule has 14 heteroatoms. The van der Waals surface area contributed by atoms with Crippen molar-refractivity contribution >= 4 is 28.8 Å². The zero-order valence-corrected chi connectivity index (χ0v) is 17.4. The van der Waals surface area contributed by atoms with E-state index in [1.165, 1.54) is 12.4 Å². The van der Waals surface area contributed by atoms with Gasteiger partial charge in [-0.05, 0) is 19.4 Å². The van der Waals surface area contributed by atoms with Gasteiger partial charge in [0.2, 0.25) is 5.91 Å². The Hall–Kier alpha value is -4.36. The van der Waals surface area contributed by atoms with Crippen LogP contribution in [0.4, 0.5) is 19.0 Å². The van der Waals surface area contributed by atoms with Gasteiger partial charge in [0.05, 0.1) is 17.1 Å². The molecule has 3 N–H and O–H groups in total. The molecule has 0 saturated carbocycles. The molecule has 0 saturated heterocycles. The number of imidazole rings is 1. The highest BCUT2D eigenvalue weighted by atomic mass is 19.4. The molecule has 0 aliphatic carbocycles. The van der Waals surface area contributed by atoms with Crippen molar-refractivity contribution in [2.75, 3.05) is 5.32 Å². The SMILES string of the molecule is C[C@@H](NC(=O)c1ncnc2c1CCC(=O)N2)c1cc(-c2nc3ncc(C(F)(F)F)cc3[nH]2)no1. The van der Waals surface area contributed by atoms with E-state index in [1.54, 1.807) is 6.92 Å². The first-order chi connectivity index (χ1) is 16.2. The van der Waals surface area contributed by atoms with Crippen LogP contribution in [0, 0.1) is 0 Å². The Balaban J connectivity index is 1.35. The number of H-pyrrole nitrogens is 1. The Morgan fingerprint density at radius 3 is 2.82 bits per heavy atom. The van der Waals surface area contributed by atoms with Crippen molar-refractivity contribution in [3.8, 4) is 11.5 Å². The average Bonchev–Trinajstić information content (AvgIpc) is 3.44. The van der Waals surface area contributed by atoms with Gasteiger partial charge in [0.15, 0.2) is 17.2 Å². The molecule has 0 spiro atoms. The van der Waals surface area contributed by atoms with Crippen LogP contribution in [0.1, 0.15) is 46.8 Å². The van der Waals surface area contributed by atoms with Gasteiger partial charge in [0, 0.05) is 24.2 Å². The molecule has 34 heavy (non-hydrogen) atoms. The van der Waals surface area contributed by atoms with Crippen LogP contribution in [0.2, 0.25) is 0 Å². The fourth-order valence-electron chi connectivity index (χ4n) is 3.50. The van der Waals surface area contributed by atoms with E-state index in [0.717, 1.165) is 6.07 Å². The lowest BCUT2D eigenvalue weighted by Gasteiger charge is -2.18. The topological polar surface area (TPSA) is 152 Å². The first-order valence-electron chi connectivity index (χ1n) is 10.0. The third-order valence-electron chi connectivity index (χ3n) is 5.23. The molecular weight excluding hydrogens is 457 g/mol. The average molecular weight is 472 g/mol. The second-order valence-corrected chi connectivity index (χ2v) is 7.59. The molecule has 4 aromatic heterocycles. The van der Waals surface area contributed by atoms with E-state index < -0.39 is 23.7 Å². The van der Waals surface area contributed by atoms with E-state index in [-0.39, 0.29) is 46.5 Å². The highest BCUT2D eigenvalue weighted by Crippen LogP contribution is 2.31. The third-order valence-corrected chi connectivity index (χ3v) is 5.23. The van der Waals surface area contributed by atoms with Crippen molar-refractivity contribution < 1.29 is 27.3 Å². The van der Waals surface area contributed by atoms with Gasteiger partial charge < -0.3 is 20.1 Å². The number of aromatic nitrogens is 6. The van der Waals surface area contributed by atoms with E-state index in [0.29, 0.717) is 24.0 Å². The van der Waals surface area contributed by atoms with Crippen molar-refractivity contribution in [1.82, 2.24) is 35.4 Å². The number of hydrogen-bond donors (Lipinski definition) is 3. The molecule has 0 bridgehead atoms. The zero-order valence-electron chi connectivity index (χ0n) is 17.4. The lowest BCUT2D eigenvalue weighted by molar-refractivity contribution is -0.137. The Bertz CT molecular complexity index is 1430. The third kappa shape index (κ3) is 3.93. The highest BCUT2D eigenvalue weighted by Gasteiger charge is 2.31. The largest absolute Gasteiger partial charge is 0.417 e. The van der Waals surface area contributed by atoms with Crippen LogP contribution in [-0.4, -0.2) is 41.9 Å². The van der Waals surface area contributed by atoms with E-state index in [9.17, 15) is 22.8 Å². The number of nitrogens with one attached hydrogen (secondary N) is 3. The van der Waals surface area contributed by atoms with E-state index in [2.05, 4.69) is 40.7 Å². The summed E-state index contributed by atoms with van der Waals surface area (Å²) in [4.78, 5) is 43.0. The predicted octanol–water partition coefficient (Wildman–Crippen LogP) is 2.80. The zero-order chi connectivity index (χ0) is 24.0. The Morgan fingerprint density at radius 2 is 2.03 bits per heavy atom. The molecule has 1 aliphatic rings. The van der Waals surface area contributed by atoms with Gasteiger partial charge in [-0.1, -0.05) is 5.16 Å². The van der Waals surface area contributed by atoms with Crippen molar-refractivity contribution in [2.24, 2.45) is 0 Å². The van der Waals surface area contributed by atoms with Crippen molar-refractivity contribution in [3.05, 3.63) is 47.2 Å². The van der Waals surface area contributed by atoms with Crippen LogP contribution in [0.5, 0.6) is 0 Å². The molecule has 5 heterocycles. The maximum absolute atomic E-state index is 12.9. The number of alkyl halides is 3. The highest BCUT2D eigenvalue weighted by molar-refractivity contribution is 5.99. The molecule has 0 fully saturated rings. The van der Waals surface area contributed by atoms with E-state index in [1.807, 2.05) is 0 Å². The monoisotopic (exact) mass is 472 g/mol. The smallest absolute Gasteiger partial charge is 0.358 e. The molecule has 5 rings (SSSR count). The van der Waals surface area contributed by atoms with Crippen molar-refractivity contribution in [3.63, 3.8) is 0 Å². The number of fused-ring (bicyclic) bond motifs is 2. The van der Waals surface area contributed by atoms with Crippen LogP contribution < -0.4 is 10.6 Å². The number of hydrogen-bond acceptors (Lipinski definition) is 8. The summed E-state index contributed by atoms with van der Waals surface area (Å²) in [6, 6.07) is 1.79. The number of amides is 2. The summed E-state index contributed by atoms with van der Waals surface area (Å²) >= 11 is 0. The minimum atomic E-state index is -4.53. The lowest BCUT2D eigenvalue weighted by atomic mass is 10.0. The van der Waals surface area contributed by atoms with Crippen LogP contribution in [0.15, 0.2) is 29.2 Å². The molecule has 11 nitrogen and oxygen atoms in total. The number of halogens is 3. The molecule has 0 aromatic carbocycles. The summed E-state index contributed by atoms with van der Waals surface area (Å²) in [7, 11) is 0. The molecule has 1 aliphatic heterocycles. The molecule has 2 amide bonds. The van der Waals surface area contributed by atoms with Crippen LogP contribution in [-0.2, 0) is 17.4 Å². The number of carbonyl (C=O) groups excluding carboxylic acids is 2. The molecular formula is C20H15F3N8O3. The maximum Gasteiger partial charge on any atom is 0.417 e. The number of carbonyl (C=O) groups is 2. The first kappa shape index (κ1) is 21.5. The summed E-state index contributed by atoms with van der Waals surface area (Å²) < 4.78 is 44.0. The van der Waals surface area contributed by atoms with Gasteiger partial charge in [0.1, 0.15) is 23.5 Å². The second kappa shape index (κ2) is 7.90. The van der Waals surface area contributed by atoms with Gasteiger partial charge >= 0.3 is 6.18 Å². The lowest BCUT2D eigenvalue weighted by Crippen LogP contribution is -2.30. The Kier molecular flexibility index (Phi) is 4.99. The van der Waals surface area contributed by atoms with Crippen LogP contribution in [0.25, 0.3) is 22.7 Å². The summed E-state index contributed by atoms with van der Waals surface area (Å²) in [5.41, 5.74) is 0.188. The standard InChI is InChI=1S/C20H15F3N8O3/c1-8(27-19(33)15-10-2-3-14(32)29-16(10)26-7-25-15)13-5-12(31-34-13)18-28-11-4-9(20(21,22)23)6-24-17(11)30-18/h4-8H,2-3H2,1H3,(H,27,33)(H,24,28,30)(H,25,26,29,32)/t8-/m1/s1. The molecule has 4 aromatic rings. The van der Waals surface area contributed by atoms with Gasteiger partial charge in [-0.3, -0.25) is 9.59 Å². The summed E-state index contributed by atoms with van der Waals surface area (Å²) in [6.07, 6.45) is -2.08. The van der Waals surface area contributed by atoms with E-state index in [4.69, 9.17) is 4.52 Å². The predicted molar refractivity (Wildman–Crippen MR) is 109 cm³/mol. The first-order valence-corrected chi connectivity index (χ1v) is 10.0. The molecule has 1 atom stereocenters. The maximum atomic E-state index is 12.9. The van der Waals surface area contributed by atoms with Crippen molar-refractivity contribution in [2.45, 2.75) is 32.0 Å². The van der Waals surface area contributed by atoms with Crippen LogP contribution >= 0.6 is 0 Å². The number of nitrogens with zero attached hydrogens (tertiary/aromatic N) is 5.